The summed E-state index contributed by atoms with van der Waals surface area (Å²) in [4.78, 5) is 58.1. The van der Waals surface area contributed by atoms with Crippen LogP contribution in [0.1, 0.15) is 45.5 Å². The van der Waals surface area contributed by atoms with E-state index in [-0.39, 0.29) is 30.3 Å². The highest BCUT2D eigenvalue weighted by molar-refractivity contribution is 6.23. The van der Waals surface area contributed by atoms with Gasteiger partial charge in [0.2, 0.25) is 11.8 Å². The molecule has 6 rings (SSSR count). The smallest absolute Gasteiger partial charge is 0.262 e. The summed E-state index contributed by atoms with van der Waals surface area (Å²) in [6.45, 7) is 0.0388. The van der Waals surface area contributed by atoms with Crippen molar-refractivity contribution in [3.63, 3.8) is 0 Å². The van der Waals surface area contributed by atoms with Gasteiger partial charge in [-0.3, -0.25) is 24.1 Å². The molecule has 7 nitrogen and oxygen atoms in total. The number of carbonyl (C=O) groups is 4. The van der Waals surface area contributed by atoms with Crippen LogP contribution in [-0.4, -0.2) is 41.1 Å². The number of imide groups is 1. The van der Waals surface area contributed by atoms with Crippen LogP contribution in [0.5, 0.6) is 0 Å². The molecule has 7 heteroatoms. The minimum absolute atomic E-state index is 0.00448. The predicted molar refractivity (Wildman–Crippen MR) is 134 cm³/mol. The lowest BCUT2D eigenvalue weighted by molar-refractivity contribution is -0.123. The number of fused-ring (bicyclic) bond motifs is 3. The second-order valence-electron chi connectivity index (χ2n) is 9.51. The Morgan fingerprint density at radius 1 is 0.722 bits per heavy atom. The van der Waals surface area contributed by atoms with Gasteiger partial charge in [-0.25, -0.2) is 0 Å². The zero-order valence-electron chi connectivity index (χ0n) is 19.7. The van der Waals surface area contributed by atoms with Gasteiger partial charge in [-0.05, 0) is 42.7 Å². The molecule has 2 atom stereocenters. The molecule has 4 amide bonds. The number of para-hydroxylation sites is 2. The van der Waals surface area contributed by atoms with Gasteiger partial charge in [0, 0.05) is 6.04 Å². The van der Waals surface area contributed by atoms with Crippen molar-refractivity contribution in [2.24, 2.45) is 5.92 Å². The Morgan fingerprint density at radius 2 is 1.33 bits per heavy atom. The maximum absolute atomic E-state index is 13.9. The van der Waals surface area contributed by atoms with E-state index >= 15 is 0 Å². The number of hydrogen-bond donors (Lipinski definition) is 0. The zero-order valence-corrected chi connectivity index (χ0v) is 19.7. The van der Waals surface area contributed by atoms with E-state index in [2.05, 4.69) is 0 Å². The number of anilines is 2. The minimum Gasteiger partial charge on any atom is -0.306 e. The molecule has 2 aliphatic heterocycles. The van der Waals surface area contributed by atoms with Crippen molar-refractivity contribution >= 4 is 35.0 Å². The molecule has 3 aliphatic rings. The summed E-state index contributed by atoms with van der Waals surface area (Å²) in [5.41, 5.74) is 2.93. The van der Waals surface area contributed by atoms with Crippen molar-refractivity contribution in [2.45, 2.75) is 31.8 Å². The summed E-state index contributed by atoms with van der Waals surface area (Å²) in [7, 11) is 0. The molecule has 0 saturated heterocycles. The van der Waals surface area contributed by atoms with E-state index < -0.39 is 11.8 Å². The number of rotatable bonds is 4. The largest absolute Gasteiger partial charge is 0.306 e. The first-order valence-electron chi connectivity index (χ1n) is 12.3. The van der Waals surface area contributed by atoms with Gasteiger partial charge in [0.25, 0.3) is 11.8 Å². The number of amides is 4. The second-order valence-corrected chi connectivity index (χ2v) is 9.51. The Labute approximate surface area is 208 Å². The molecule has 1 saturated carbocycles. The molecule has 0 N–H and O–H groups in total. The summed E-state index contributed by atoms with van der Waals surface area (Å²) in [6.07, 6.45) is 2.22. The Hall–Kier alpha value is -4.26. The van der Waals surface area contributed by atoms with Crippen LogP contribution >= 0.6 is 0 Å². The van der Waals surface area contributed by atoms with E-state index in [4.69, 9.17) is 0 Å². The average molecular weight is 480 g/mol. The van der Waals surface area contributed by atoms with Gasteiger partial charge in [-0.2, -0.15) is 0 Å². The highest BCUT2D eigenvalue weighted by atomic mass is 16.2. The quantitative estimate of drug-likeness (QED) is 0.530. The van der Waals surface area contributed by atoms with Gasteiger partial charge in [0.15, 0.2) is 0 Å². The predicted octanol–water partition coefficient (Wildman–Crippen LogP) is 4.03. The van der Waals surface area contributed by atoms with Crippen molar-refractivity contribution < 1.29 is 19.2 Å². The van der Waals surface area contributed by atoms with E-state index in [1.165, 1.54) is 0 Å². The third-order valence-corrected chi connectivity index (χ3v) is 7.45. The van der Waals surface area contributed by atoms with Crippen LogP contribution in [0.3, 0.4) is 0 Å². The molecule has 3 aromatic carbocycles. The van der Waals surface area contributed by atoms with Crippen LogP contribution in [-0.2, 0) is 16.1 Å². The van der Waals surface area contributed by atoms with Crippen LogP contribution in [0.15, 0.2) is 78.9 Å². The second kappa shape index (κ2) is 8.75. The third-order valence-electron chi connectivity index (χ3n) is 7.45. The lowest BCUT2D eigenvalue weighted by Crippen LogP contribution is -2.49. The third kappa shape index (κ3) is 3.50. The molecule has 1 fully saturated rings. The van der Waals surface area contributed by atoms with E-state index in [1.54, 1.807) is 34.1 Å². The van der Waals surface area contributed by atoms with Crippen LogP contribution in [0.2, 0.25) is 0 Å². The first-order chi connectivity index (χ1) is 17.5. The van der Waals surface area contributed by atoms with E-state index in [1.807, 2.05) is 54.6 Å². The van der Waals surface area contributed by atoms with Gasteiger partial charge < -0.3 is 9.80 Å². The molecular formula is C29H25N3O4. The average Bonchev–Trinajstić information content (AvgIpc) is 3.45. The first kappa shape index (κ1) is 22.2. The highest BCUT2D eigenvalue weighted by Gasteiger charge is 2.46. The molecule has 0 spiro atoms. The fourth-order valence-corrected chi connectivity index (χ4v) is 5.77. The fraction of sp³-hybridized carbons (Fsp3) is 0.241. The molecule has 1 aliphatic carbocycles. The monoisotopic (exact) mass is 479 g/mol. The molecule has 180 valence electrons. The van der Waals surface area contributed by atoms with Crippen molar-refractivity contribution in [3.8, 4) is 0 Å². The Balaban J connectivity index is 1.37. The van der Waals surface area contributed by atoms with Crippen molar-refractivity contribution in [3.05, 3.63) is 95.6 Å². The summed E-state index contributed by atoms with van der Waals surface area (Å²) >= 11 is 0. The van der Waals surface area contributed by atoms with Crippen LogP contribution in [0.4, 0.5) is 11.4 Å². The van der Waals surface area contributed by atoms with Gasteiger partial charge in [0.05, 0.1) is 35.0 Å². The molecular weight excluding hydrogens is 454 g/mol. The van der Waals surface area contributed by atoms with Gasteiger partial charge >= 0.3 is 0 Å². The topological polar surface area (TPSA) is 78.0 Å². The van der Waals surface area contributed by atoms with Crippen LogP contribution in [0, 0.1) is 5.92 Å². The lowest BCUT2D eigenvalue weighted by atomic mass is 10.0. The Morgan fingerprint density at radius 3 is 2.03 bits per heavy atom. The lowest BCUT2D eigenvalue weighted by Gasteiger charge is -2.31. The Kier molecular flexibility index (Phi) is 5.40. The van der Waals surface area contributed by atoms with Crippen LogP contribution < -0.4 is 9.80 Å². The number of carbonyl (C=O) groups excluding carboxylic acids is 4. The maximum Gasteiger partial charge on any atom is 0.262 e. The summed E-state index contributed by atoms with van der Waals surface area (Å²) < 4.78 is 0. The SMILES string of the molecule is O=C1c2ccccc2C(=O)N1CC(=O)N1c2ccccc2N(Cc2ccccc2)C(=O)C2CCCC21. The Bertz CT molecular complexity index is 1350. The van der Waals surface area contributed by atoms with E-state index in [9.17, 15) is 19.2 Å². The number of nitrogens with zero attached hydrogens (tertiary/aromatic N) is 3. The molecule has 0 radical (unpaired) electrons. The molecule has 2 heterocycles. The standard InChI is InChI=1S/C29H25N3O4/c33-26(18-31-27(34)20-11-4-5-12-21(20)28(31)35)32-23-16-8-13-22(23)29(36)30(17-19-9-2-1-3-10-19)24-14-6-7-15-25(24)32/h1-7,9-12,14-15,22-23H,8,13,16-18H2. The number of benzene rings is 3. The molecule has 0 aromatic heterocycles. The van der Waals surface area contributed by atoms with Crippen molar-refractivity contribution in [1.82, 2.24) is 4.90 Å². The highest BCUT2D eigenvalue weighted by Crippen LogP contribution is 2.43. The summed E-state index contributed by atoms with van der Waals surface area (Å²) in [5.74, 6) is -1.62. The van der Waals surface area contributed by atoms with Crippen molar-refractivity contribution in [2.75, 3.05) is 16.3 Å². The normalized spacial score (nSPS) is 20.8. The first-order valence-corrected chi connectivity index (χ1v) is 12.3. The number of hydrogen-bond acceptors (Lipinski definition) is 4. The molecule has 0 bridgehead atoms. The van der Waals surface area contributed by atoms with Crippen LogP contribution in [0.25, 0.3) is 0 Å². The molecule has 3 aromatic rings. The summed E-state index contributed by atoms with van der Waals surface area (Å²) in [6, 6.07) is 23.5. The van der Waals surface area contributed by atoms with Gasteiger partial charge in [-0.1, -0.05) is 61.0 Å². The fourth-order valence-electron chi connectivity index (χ4n) is 5.77. The minimum atomic E-state index is -0.461. The van der Waals surface area contributed by atoms with Gasteiger partial charge in [0.1, 0.15) is 6.54 Å². The van der Waals surface area contributed by atoms with Crippen molar-refractivity contribution in [1.29, 1.82) is 0 Å². The van der Waals surface area contributed by atoms with E-state index in [0.29, 0.717) is 41.9 Å². The molecule has 36 heavy (non-hydrogen) atoms. The summed E-state index contributed by atoms with van der Waals surface area (Å²) in [5, 5.41) is 0. The zero-order chi connectivity index (χ0) is 24.8. The molecule has 2 unspecified atom stereocenters. The van der Waals surface area contributed by atoms with E-state index in [0.717, 1.165) is 16.9 Å². The van der Waals surface area contributed by atoms with Gasteiger partial charge in [-0.15, -0.1) is 0 Å². The maximum atomic E-state index is 13.9.